The van der Waals surface area contributed by atoms with Gasteiger partial charge < -0.3 is 15.5 Å². The minimum Gasteiger partial charge on any atom is -0.350 e. The van der Waals surface area contributed by atoms with E-state index in [9.17, 15) is 14.4 Å². The molecule has 1 heterocycles. The molecule has 6 nitrogen and oxygen atoms in total. The largest absolute Gasteiger partial charge is 0.350 e. The fourth-order valence-corrected chi connectivity index (χ4v) is 3.11. The Balaban J connectivity index is 1.72. The number of hydrogen-bond acceptors (Lipinski definition) is 3. The van der Waals surface area contributed by atoms with Gasteiger partial charge in [0.1, 0.15) is 0 Å². The summed E-state index contributed by atoms with van der Waals surface area (Å²) in [6, 6.07) is 16.2. The molecule has 140 valence electrons. The van der Waals surface area contributed by atoms with E-state index in [1.165, 1.54) is 0 Å². The molecule has 2 aromatic rings. The molecule has 1 unspecified atom stereocenters. The van der Waals surface area contributed by atoms with Gasteiger partial charge in [-0.25, -0.2) is 0 Å². The third kappa shape index (κ3) is 4.34. The molecule has 0 aromatic heterocycles. The van der Waals surface area contributed by atoms with Crippen LogP contribution in [0.1, 0.15) is 30.6 Å². The molecule has 27 heavy (non-hydrogen) atoms. The summed E-state index contributed by atoms with van der Waals surface area (Å²) in [5.41, 5.74) is 1.64. The van der Waals surface area contributed by atoms with Gasteiger partial charge in [0, 0.05) is 24.7 Å². The monoisotopic (exact) mass is 365 g/mol. The van der Waals surface area contributed by atoms with Crippen LogP contribution >= 0.6 is 0 Å². The third-order valence-corrected chi connectivity index (χ3v) is 4.41. The van der Waals surface area contributed by atoms with Crippen LogP contribution in [-0.4, -0.2) is 30.3 Å². The first kappa shape index (κ1) is 18.6. The first-order valence-corrected chi connectivity index (χ1v) is 9.02. The quantitative estimate of drug-likeness (QED) is 0.855. The predicted molar refractivity (Wildman–Crippen MR) is 105 cm³/mol. The summed E-state index contributed by atoms with van der Waals surface area (Å²) in [4.78, 5) is 39.0. The van der Waals surface area contributed by atoms with Crippen LogP contribution in [0.25, 0.3) is 0 Å². The molecule has 2 N–H and O–H groups in total. The summed E-state index contributed by atoms with van der Waals surface area (Å²) in [6.07, 6.45) is 0.154. The zero-order chi connectivity index (χ0) is 19.4. The zero-order valence-corrected chi connectivity index (χ0v) is 15.4. The second-order valence-corrected chi connectivity index (χ2v) is 6.90. The van der Waals surface area contributed by atoms with E-state index >= 15 is 0 Å². The van der Waals surface area contributed by atoms with Crippen molar-refractivity contribution in [3.05, 3.63) is 60.2 Å². The highest BCUT2D eigenvalue weighted by atomic mass is 16.2. The van der Waals surface area contributed by atoms with E-state index < -0.39 is 5.92 Å². The Kier molecular flexibility index (Phi) is 5.54. The van der Waals surface area contributed by atoms with Gasteiger partial charge >= 0.3 is 0 Å². The second kappa shape index (κ2) is 8.03. The minimum absolute atomic E-state index is 0.00635. The molecule has 1 fully saturated rings. The Morgan fingerprint density at radius 3 is 2.41 bits per heavy atom. The standard InChI is InChI=1S/C21H23N3O3/c1-14(2)22-21(27)17-10-6-7-11-18(17)23-20(26)15-12-19(25)24(13-15)16-8-4-3-5-9-16/h3-11,14-15H,12-13H2,1-2H3,(H,22,27)(H,23,26). The molecule has 6 heteroatoms. The Bertz CT molecular complexity index is 849. The number of carbonyl (C=O) groups excluding carboxylic acids is 3. The molecule has 0 bridgehead atoms. The Morgan fingerprint density at radius 1 is 1.04 bits per heavy atom. The van der Waals surface area contributed by atoms with Gasteiger partial charge in [-0.3, -0.25) is 14.4 Å². The lowest BCUT2D eigenvalue weighted by Crippen LogP contribution is -2.32. The van der Waals surface area contributed by atoms with Gasteiger partial charge in [0.2, 0.25) is 11.8 Å². The van der Waals surface area contributed by atoms with Crippen molar-refractivity contribution in [1.82, 2.24) is 5.32 Å². The summed E-state index contributed by atoms with van der Waals surface area (Å²) in [6.45, 7) is 4.08. The Labute approximate surface area is 158 Å². The lowest BCUT2D eigenvalue weighted by atomic mass is 10.1. The van der Waals surface area contributed by atoms with Crippen molar-refractivity contribution in [3.8, 4) is 0 Å². The van der Waals surface area contributed by atoms with E-state index in [1.807, 2.05) is 44.2 Å². The fraction of sp³-hybridized carbons (Fsp3) is 0.286. The summed E-state index contributed by atoms with van der Waals surface area (Å²) in [5, 5.41) is 5.65. The molecule has 1 atom stereocenters. The minimum atomic E-state index is -0.459. The molecule has 0 saturated carbocycles. The average molecular weight is 365 g/mol. The Hall–Kier alpha value is -3.15. The molecule has 1 aliphatic heterocycles. The van der Waals surface area contributed by atoms with Crippen molar-refractivity contribution in [2.45, 2.75) is 26.3 Å². The van der Waals surface area contributed by atoms with E-state index in [1.54, 1.807) is 29.2 Å². The highest BCUT2D eigenvalue weighted by Crippen LogP contribution is 2.26. The van der Waals surface area contributed by atoms with Crippen LogP contribution in [-0.2, 0) is 9.59 Å². The first-order chi connectivity index (χ1) is 13.0. The number of para-hydroxylation sites is 2. The third-order valence-electron chi connectivity index (χ3n) is 4.41. The van der Waals surface area contributed by atoms with Crippen LogP contribution in [0.2, 0.25) is 0 Å². The molecule has 3 rings (SSSR count). The molecule has 0 radical (unpaired) electrons. The van der Waals surface area contributed by atoms with Gasteiger partial charge in [-0.05, 0) is 38.1 Å². The Morgan fingerprint density at radius 2 is 1.70 bits per heavy atom. The van der Waals surface area contributed by atoms with E-state index in [2.05, 4.69) is 10.6 Å². The number of hydrogen-bond donors (Lipinski definition) is 2. The van der Waals surface area contributed by atoms with E-state index in [4.69, 9.17) is 0 Å². The van der Waals surface area contributed by atoms with Crippen LogP contribution in [0.15, 0.2) is 54.6 Å². The number of amides is 3. The molecular formula is C21H23N3O3. The first-order valence-electron chi connectivity index (χ1n) is 9.02. The molecule has 1 aliphatic rings. The molecule has 3 amide bonds. The van der Waals surface area contributed by atoms with Crippen LogP contribution in [0.3, 0.4) is 0 Å². The number of carbonyl (C=O) groups is 3. The highest BCUT2D eigenvalue weighted by Gasteiger charge is 2.35. The maximum atomic E-state index is 12.7. The topological polar surface area (TPSA) is 78.5 Å². The smallest absolute Gasteiger partial charge is 0.253 e. The number of nitrogens with one attached hydrogen (secondary N) is 2. The van der Waals surface area contributed by atoms with Gasteiger partial charge in [0.15, 0.2) is 0 Å². The summed E-state index contributed by atoms with van der Waals surface area (Å²) >= 11 is 0. The maximum Gasteiger partial charge on any atom is 0.253 e. The lowest BCUT2D eigenvalue weighted by Gasteiger charge is -2.17. The van der Waals surface area contributed by atoms with Gasteiger partial charge in [-0.15, -0.1) is 0 Å². The number of nitrogens with zero attached hydrogens (tertiary/aromatic N) is 1. The van der Waals surface area contributed by atoms with E-state index in [0.29, 0.717) is 17.8 Å². The average Bonchev–Trinajstić information content (AvgIpc) is 3.04. The summed E-state index contributed by atoms with van der Waals surface area (Å²) < 4.78 is 0. The van der Waals surface area contributed by atoms with Crippen molar-refractivity contribution >= 4 is 29.1 Å². The molecule has 2 aromatic carbocycles. The van der Waals surface area contributed by atoms with Gasteiger partial charge in [-0.2, -0.15) is 0 Å². The van der Waals surface area contributed by atoms with Crippen molar-refractivity contribution in [1.29, 1.82) is 0 Å². The maximum absolute atomic E-state index is 12.7. The van der Waals surface area contributed by atoms with E-state index in [-0.39, 0.29) is 30.2 Å². The van der Waals surface area contributed by atoms with Crippen molar-refractivity contribution < 1.29 is 14.4 Å². The number of anilines is 2. The van der Waals surface area contributed by atoms with Crippen LogP contribution in [0.4, 0.5) is 11.4 Å². The van der Waals surface area contributed by atoms with Crippen molar-refractivity contribution in [2.75, 3.05) is 16.8 Å². The van der Waals surface area contributed by atoms with Gasteiger partial charge in [0.05, 0.1) is 17.2 Å². The molecule has 0 aliphatic carbocycles. The second-order valence-electron chi connectivity index (χ2n) is 6.90. The fourth-order valence-electron chi connectivity index (χ4n) is 3.11. The van der Waals surface area contributed by atoms with Crippen LogP contribution < -0.4 is 15.5 Å². The van der Waals surface area contributed by atoms with Crippen LogP contribution in [0.5, 0.6) is 0 Å². The predicted octanol–water partition coefficient (Wildman–Crippen LogP) is 2.82. The molecular weight excluding hydrogens is 342 g/mol. The molecule has 0 spiro atoms. The summed E-state index contributed by atoms with van der Waals surface area (Å²) in [5.74, 6) is -1.04. The van der Waals surface area contributed by atoms with Crippen molar-refractivity contribution in [2.24, 2.45) is 5.92 Å². The molecule has 1 saturated heterocycles. The highest BCUT2D eigenvalue weighted by molar-refractivity contribution is 6.07. The zero-order valence-electron chi connectivity index (χ0n) is 15.4. The SMILES string of the molecule is CC(C)NC(=O)c1ccccc1NC(=O)C1CC(=O)N(c2ccccc2)C1. The normalized spacial score (nSPS) is 16.5. The van der Waals surface area contributed by atoms with Crippen LogP contribution in [0, 0.1) is 5.92 Å². The number of rotatable bonds is 5. The van der Waals surface area contributed by atoms with Gasteiger partial charge in [-0.1, -0.05) is 30.3 Å². The van der Waals surface area contributed by atoms with Crippen molar-refractivity contribution in [3.63, 3.8) is 0 Å². The lowest BCUT2D eigenvalue weighted by molar-refractivity contribution is -0.122. The van der Waals surface area contributed by atoms with E-state index in [0.717, 1.165) is 5.69 Å². The summed E-state index contributed by atoms with van der Waals surface area (Å²) in [7, 11) is 0. The van der Waals surface area contributed by atoms with Gasteiger partial charge in [0.25, 0.3) is 5.91 Å². The number of benzene rings is 2.